The topological polar surface area (TPSA) is 48.7 Å². The van der Waals surface area contributed by atoms with Crippen molar-refractivity contribution in [1.29, 1.82) is 5.26 Å². The van der Waals surface area contributed by atoms with E-state index in [1.165, 1.54) is 11.1 Å². The van der Waals surface area contributed by atoms with Gasteiger partial charge in [0.15, 0.2) is 0 Å². The average Bonchev–Trinajstić information content (AvgIpc) is 2.46. The fourth-order valence-electron chi connectivity index (χ4n) is 1.84. The first kappa shape index (κ1) is 13.3. The van der Waals surface area contributed by atoms with Crippen LogP contribution in [0.5, 0.6) is 0 Å². The number of nitriles is 1. The maximum atomic E-state index is 8.77. The second kappa shape index (κ2) is 6.12. The molecule has 1 unspecified atom stereocenters. The number of hydrogen-bond donors (Lipinski definition) is 1. The van der Waals surface area contributed by atoms with Gasteiger partial charge in [0.05, 0.1) is 11.6 Å². The number of aryl methyl sites for hydroxylation is 1. The van der Waals surface area contributed by atoms with E-state index >= 15 is 0 Å². The highest BCUT2D eigenvalue weighted by Crippen LogP contribution is 2.13. The van der Waals surface area contributed by atoms with Crippen LogP contribution in [0.2, 0.25) is 0 Å². The minimum Gasteiger partial charge on any atom is -0.306 e. The van der Waals surface area contributed by atoms with Crippen molar-refractivity contribution in [2.45, 2.75) is 26.4 Å². The van der Waals surface area contributed by atoms with Crippen LogP contribution in [-0.2, 0) is 6.54 Å². The predicted molar refractivity (Wildman–Crippen MR) is 75.4 cm³/mol. The number of hydrogen-bond acceptors (Lipinski definition) is 3. The molecule has 0 saturated carbocycles. The summed E-state index contributed by atoms with van der Waals surface area (Å²) >= 11 is 0. The van der Waals surface area contributed by atoms with Crippen molar-refractivity contribution >= 4 is 0 Å². The molecule has 3 nitrogen and oxygen atoms in total. The van der Waals surface area contributed by atoms with E-state index in [0.717, 1.165) is 12.2 Å². The molecule has 1 N–H and O–H groups in total. The van der Waals surface area contributed by atoms with Gasteiger partial charge in [-0.3, -0.25) is 4.98 Å². The Labute approximate surface area is 113 Å². The summed E-state index contributed by atoms with van der Waals surface area (Å²) in [7, 11) is 0. The van der Waals surface area contributed by atoms with Gasteiger partial charge in [0, 0.05) is 24.5 Å². The molecule has 19 heavy (non-hydrogen) atoms. The fraction of sp³-hybridized carbons (Fsp3) is 0.250. The average molecular weight is 251 g/mol. The Kier molecular flexibility index (Phi) is 4.27. The third kappa shape index (κ3) is 3.64. The second-order valence-corrected chi connectivity index (χ2v) is 4.64. The summed E-state index contributed by atoms with van der Waals surface area (Å²) in [6, 6.07) is 14.1. The highest BCUT2D eigenvalue weighted by Gasteiger charge is 2.04. The maximum Gasteiger partial charge on any atom is 0.0991 e. The maximum absolute atomic E-state index is 8.77. The SMILES string of the molecule is Cc1ccc(CNC(C)c2ccc(C#N)cc2)cn1. The molecule has 0 radical (unpaired) electrons. The number of benzene rings is 1. The van der Waals surface area contributed by atoms with Crippen LogP contribution in [-0.4, -0.2) is 4.98 Å². The molecule has 0 bridgehead atoms. The Bertz CT molecular complexity index is 564. The van der Waals surface area contributed by atoms with Crippen molar-refractivity contribution < 1.29 is 0 Å². The minimum atomic E-state index is 0.244. The minimum absolute atomic E-state index is 0.244. The molecule has 96 valence electrons. The smallest absolute Gasteiger partial charge is 0.0991 e. The van der Waals surface area contributed by atoms with Gasteiger partial charge in [0.1, 0.15) is 0 Å². The van der Waals surface area contributed by atoms with Gasteiger partial charge in [-0.1, -0.05) is 18.2 Å². The summed E-state index contributed by atoms with van der Waals surface area (Å²) in [4.78, 5) is 4.28. The monoisotopic (exact) mass is 251 g/mol. The van der Waals surface area contributed by atoms with E-state index in [-0.39, 0.29) is 6.04 Å². The van der Waals surface area contributed by atoms with Crippen LogP contribution in [0.25, 0.3) is 0 Å². The normalized spacial score (nSPS) is 11.8. The first-order valence-electron chi connectivity index (χ1n) is 6.34. The molecule has 0 spiro atoms. The van der Waals surface area contributed by atoms with E-state index in [1.807, 2.05) is 43.5 Å². The van der Waals surface area contributed by atoms with Gasteiger partial charge in [0.25, 0.3) is 0 Å². The number of rotatable bonds is 4. The Morgan fingerprint density at radius 3 is 2.53 bits per heavy atom. The van der Waals surface area contributed by atoms with Gasteiger partial charge in [0.2, 0.25) is 0 Å². The molecule has 2 aromatic rings. The Morgan fingerprint density at radius 2 is 1.95 bits per heavy atom. The summed E-state index contributed by atoms with van der Waals surface area (Å²) in [6.45, 7) is 4.88. The van der Waals surface area contributed by atoms with Crippen LogP contribution in [0.4, 0.5) is 0 Å². The van der Waals surface area contributed by atoms with E-state index in [1.54, 1.807) is 0 Å². The van der Waals surface area contributed by atoms with Gasteiger partial charge in [-0.25, -0.2) is 0 Å². The largest absolute Gasteiger partial charge is 0.306 e. The van der Waals surface area contributed by atoms with E-state index in [0.29, 0.717) is 5.56 Å². The summed E-state index contributed by atoms with van der Waals surface area (Å²) in [5, 5.41) is 12.2. The zero-order chi connectivity index (χ0) is 13.7. The third-order valence-corrected chi connectivity index (χ3v) is 3.12. The van der Waals surface area contributed by atoms with Crippen molar-refractivity contribution in [3.63, 3.8) is 0 Å². The van der Waals surface area contributed by atoms with Gasteiger partial charge >= 0.3 is 0 Å². The lowest BCUT2D eigenvalue weighted by Gasteiger charge is -2.14. The van der Waals surface area contributed by atoms with Crippen LogP contribution < -0.4 is 5.32 Å². The molecule has 1 aromatic heterocycles. The molecule has 0 aliphatic rings. The molecule has 0 aliphatic heterocycles. The number of pyridine rings is 1. The lowest BCUT2D eigenvalue weighted by Crippen LogP contribution is -2.18. The molecule has 1 aromatic carbocycles. The van der Waals surface area contributed by atoms with E-state index in [9.17, 15) is 0 Å². The van der Waals surface area contributed by atoms with Gasteiger partial charge in [-0.2, -0.15) is 5.26 Å². The van der Waals surface area contributed by atoms with E-state index in [4.69, 9.17) is 5.26 Å². The molecule has 0 fully saturated rings. The summed E-state index contributed by atoms with van der Waals surface area (Å²) in [5.41, 5.74) is 4.08. The predicted octanol–water partition coefficient (Wildman–Crippen LogP) is 3.11. The van der Waals surface area contributed by atoms with Gasteiger partial charge < -0.3 is 5.32 Å². The van der Waals surface area contributed by atoms with Crippen LogP contribution in [0, 0.1) is 18.3 Å². The van der Waals surface area contributed by atoms with Crippen molar-refractivity contribution in [1.82, 2.24) is 10.3 Å². The third-order valence-electron chi connectivity index (χ3n) is 3.12. The van der Waals surface area contributed by atoms with Crippen molar-refractivity contribution in [2.24, 2.45) is 0 Å². The zero-order valence-electron chi connectivity index (χ0n) is 11.2. The Balaban J connectivity index is 1.95. The lowest BCUT2D eigenvalue weighted by molar-refractivity contribution is 0.573. The highest BCUT2D eigenvalue weighted by molar-refractivity contribution is 5.32. The van der Waals surface area contributed by atoms with Crippen molar-refractivity contribution in [2.75, 3.05) is 0 Å². The van der Waals surface area contributed by atoms with E-state index in [2.05, 4.69) is 29.4 Å². The Hall–Kier alpha value is -2.18. The van der Waals surface area contributed by atoms with Gasteiger partial charge in [-0.15, -0.1) is 0 Å². The van der Waals surface area contributed by atoms with Gasteiger partial charge in [-0.05, 0) is 43.2 Å². The standard InChI is InChI=1S/C16H17N3/c1-12-3-4-15(10-18-12)11-19-13(2)16-7-5-14(9-17)6-8-16/h3-8,10,13,19H,11H2,1-2H3. The summed E-state index contributed by atoms with van der Waals surface area (Å²) < 4.78 is 0. The molecule has 1 heterocycles. The van der Waals surface area contributed by atoms with Crippen LogP contribution in [0.1, 0.15) is 35.3 Å². The van der Waals surface area contributed by atoms with Crippen LogP contribution in [0.3, 0.4) is 0 Å². The molecule has 1 atom stereocenters. The molecule has 2 rings (SSSR count). The molecule has 0 saturated heterocycles. The fourth-order valence-corrected chi connectivity index (χ4v) is 1.84. The van der Waals surface area contributed by atoms with E-state index < -0.39 is 0 Å². The molecular formula is C16H17N3. The molecular weight excluding hydrogens is 234 g/mol. The molecule has 0 aliphatic carbocycles. The number of nitrogens with zero attached hydrogens (tertiary/aromatic N) is 2. The van der Waals surface area contributed by atoms with Crippen molar-refractivity contribution in [3.8, 4) is 6.07 Å². The summed E-state index contributed by atoms with van der Waals surface area (Å²) in [5.74, 6) is 0. The number of nitrogens with one attached hydrogen (secondary N) is 1. The van der Waals surface area contributed by atoms with Crippen molar-refractivity contribution in [3.05, 3.63) is 65.0 Å². The summed E-state index contributed by atoms with van der Waals surface area (Å²) in [6.07, 6.45) is 1.90. The lowest BCUT2D eigenvalue weighted by atomic mass is 10.1. The first-order chi connectivity index (χ1) is 9.19. The first-order valence-corrected chi connectivity index (χ1v) is 6.34. The Morgan fingerprint density at radius 1 is 1.21 bits per heavy atom. The molecule has 3 heteroatoms. The highest BCUT2D eigenvalue weighted by atomic mass is 14.9. The number of aromatic nitrogens is 1. The molecule has 0 amide bonds. The quantitative estimate of drug-likeness (QED) is 0.908. The zero-order valence-corrected chi connectivity index (χ0v) is 11.2. The van der Waals surface area contributed by atoms with Crippen LogP contribution >= 0.6 is 0 Å². The van der Waals surface area contributed by atoms with Crippen LogP contribution in [0.15, 0.2) is 42.6 Å². The second-order valence-electron chi connectivity index (χ2n) is 4.64.